The van der Waals surface area contributed by atoms with Crippen LogP contribution < -0.4 is 5.32 Å². The molecule has 1 N–H and O–H groups in total. The van der Waals surface area contributed by atoms with E-state index >= 15 is 0 Å². The first kappa shape index (κ1) is 15.1. The van der Waals surface area contributed by atoms with Crippen LogP contribution in [0, 0.1) is 6.92 Å². The predicted molar refractivity (Wildman–Crippen MR) is 89.6 cm³/mol. The first-order chi connectivity index (χ1) is 10.2. The van der Waals surface area contributed by atoms with E-state index in [-0.39, 0.29) is 0 Å². The summed E-state index contributed by atoms with van der Waals surface area (Å²) in [4.78, 5) is 2.79. The third-order valence-electron chi connectivity index (χ3n) is 5.54. The maximum absolute atomic E-state index is 3.78. The summed E-state index contributed by atoms with van der Waals surface area (Å²) in [5.74, 6) is 0. The molecule has 0 spiro atoms. The Morgan fingerprint density at radius 3 is 2.48 bits per heavy atom. The van der Waals surface area contributed by atoms with Gasteiger partial charge in [0.05, 0.1) is 0 Å². The minimum atomic E-state index is 0.536. The standard InChI is InChI=1S/C19H30N2/c1-4-11-21(15(3)19-8-6-5-7-14(19)2)18-12-16-9-10-17(13-18)20-16/h5-8,15-18,20H,4,9-13H2,1-3H3. The van der Waals surface area contributed by atoms with E-state index < -0.39 is 0 Å². The van der Waals surface area contributed by atoms with Crippen molar-refractivity contribution in [2.75, 3.05) is 6.54 Å². The summed E-state index contributed by atoms with van der Waals surface area (Å²) in [7, 11) is 0. The van der Waals surface area contributed by atoms with Crippen molar-refractivity contribution in [3.8, 4) is 0 Å². The maximum atomic E-state index is 3.78. The lowest BCUT2D eigenvalue weighted by Crippen LogP contribution is -2.49. The topological polar surface area (TPSA) is 15.3 Å². The van der Waals surface area contributed by atoms with Crippen LogP contribution in [-0.2, 0) is 0 Å². The molecule has 3 unspecified atom stereocenters. The van der Waals surface area contributed by atoms with E-state index in [4.69, 9.17) is 0 Å². The molecule has 0 radical (unpaired) electrons. The van der Waals surface area contributed by atoms with Crippen molar-refractivity contribution in [1.29, 1.82) is 0 Å². The Labute approximate surface area is 129 Å². The molecule has 3 atom stereocenters. The first-order valence-corrected chi connectivity index (χ1v) is 8.76. The Morgan fingerprint density at radius 2 is 1.86 bits per heavy atom. The highest BCUT2D eigenvalue weighted by Gasteiger charge is 2.37. The van der Waals surface area contributed by atoms with Gasteiger partial charge in [-0.05, 0) is 63.6 Å². The van der Waals surface area contributed by atoms with Crippen molar-refractivity contribution >= 4 is 0 Å². The Hall–Kier alpha value is -0.860. The minimum absolute atomic E-state index is 0.536. The van der Waals surface area contributed by atoms with Crippen LogP contribution in [0.15, 0.2) is 24.3 Å². The fraction of sp³-hybridized carbons (Fsp3) is 0.684. The molecule has 116 valence electrons. The molecule has 2 bridgehead atoms. The number of benzene rings is 1. The lowest BCUT2D eigenvalue weighted by Gasteiger charge is -2.41. The molecular formula is C19H30N2. The van der Waals surface area contributed by atoms with Gasteiger partial charge in [0, 0.05) is 24.2 Å². The third-order valence-corrected chi connectivity index (χ3v) is 5.54. The van der Waals surface area contributed by atoms with E-state index in [0.29, 0.717) is 6.04 Å². The largest absolute Gasteiger partial charge is 0.311 e. The Balaban J connectivity index is 1.79. The van der Waals surface area contributed by atoms with Crippen LogP contribution in [-0.4, -0.2) is 29.6 Å². The summed E-state index contributed by atoms with van der Waals surface area (Å²) >= 11 is 0. The van der Waals surface area contributed by atoms with Crippen LogP contribution >= 0.6 is 0 Å². The van der Waals surface area contributed by atoms with Gasteiger partial charge in [-0.2, -0.15) is 0 Å². The minimum Gasteiger partial charge on any atom is -0.311 e. The summed E-state index contributed by atoms with van der Waals surface area (Å²) in [6, 6.07) is 11.8. The molecule has 2 heterocycles. The highest BCUT2D eigenvalue weighted by atomic mass is 15.2. The van der Waals surface area contributed by atoms with Gasteiger partial charge in [0.25, 0.3) is 0 Å². The molecule has 0 saturated carbocycles. The van der Waals surface area contributed by atoms with Gasteiger partial charge in [0.1, 0.15) is 0 Å². The zero-order valence-electron chi connectivity index (χ0n) is 13.8. The van der Waals surface area contributed by atoms with Gasteiger partial charge in [-0.15, -0.1) is 0 Å². The van der Waals surface area contributed by atoms with Crippen LogP contribution in [0.4, 0.5) is 0 Å². The zero-order valence-corrected chi connectivity index (χ0v) is 13.8. The summed E-state index contributed by atoms with van der Waals surface area (Å²) in [5.41, 5.74) is 2.94. The van der Waals surface area contributed by atoms with Gasteiger partial charge in [0.15, 0.2) is 0 Å². The maximum Gasteiger partial charge on any atom is 0.0325 e. The molecule has 2 fully saturated rings. The second kappa shape index (κ2) is 6.50. The molecule has 1 aromatic carbocycles. The first-order valence-electron chi connectivity index (χ1n) is 8.76. The summed E-state index contributed by atoms with van der Waals surface area (Å²) < 4.78 is 0. The van der Waals surface area contributed by atoms with Gasteiger partial charge in [-0.3, -0.25) is 4.90 Å². The van der Waals surface area contributed by atoms with Crippen molar-refractivity contribution in [3.05, 3.63) is 35.4 Å². The third kappa shape index (κ3) is 3.17. The monoisotopic (exact) mass is 286 g/mol. The fourth-order valence-corrected chi connectivity index (χ4v) is 4.48. The molecule has 2 nitrogen and oxygen atoms in total. The smallest absolute Gasteiger partial charge is 0.0325 e. The number of nitrogens with zero attached hydrogens (tertiary/aromatic N) is 1. The van der Waals surface area contributed by atoms with E-state index in [1.807, 2.05) is 0 Å². The quantitative estimate of drug-likeness (QED) is 0.878. The summed E-state index contributed by atoms with van der Waals surface area (Å²) in [5, 5.41) is 3.78. The number of nitrogens with one attached hydrogen (secondary N) is 1. The van der Waals surface area contributed by atoms with Crippen molar-refractivity contribution in [2.24, 2.45) is 0 Å². The number of piperidine rings is 1. The van der Waals surface area contributed by atoms with E-state index in [2.05, 4.69) is 55.3 Å². The van der Waals surface area contributed by atoms with Crippen molar-refractivity contribution < 1.29 is 0 Å². The zero-order chi connectivity index (χ0) is 14.8. The number of fused-ring (bicyclic) bond motifs is 2. The number of hydrogen-bond acceptors (Lipinski definition) is 2. The van der Waals surface area contributed by atoms with Crippen LogP contribution in [0.2, 0.25) is 0 Å². The lowest BCUT2D eigenvalue weighted by molar-refractivity contribution is 0.101. The van der Waals surface area contributed by atoms with Gasteiger partial charge in [0.2, 0.25) is 0 Å². The SMILES string of the molecule is CCCN(C1CC2CCC(C1)N2)C(C)c1ccccc1C. The van der Waals surface area contributed by atoms with Gasteiger partial charge in [-0.25, -0.2) is 0 Å². The molecule has 21 heavy (non-hydrogen) atoms. The van der Waals surface area contributed by atoms with Gasteiger partial charge < -0.3 is 5.32 Å². The lowest BCUT2D eigenvalue weighted by atomic mass is 9.93. The van der Waals surface area contributed by atoms with Crippen molar-refractivity contribution in [2.45, 2.75) is 77.0 Å². The van der Waals surface area contributed by atoms with Gasteiger partial charge in [-0.1, -0.05) is 31.2 Å². The van der Waals surface area contributed by atoms with E-state index in [0.717, 1.165) is 18.1 Å². The molecule has 2 saturated heterocycles. The molecule has 0 amide bonds. The molecule has 2 aliphatic rings. The normalized spacial score (nSPS) is 29.8. The fourth-order valence-electron chi connectivity index (χ4n) is 4.48. The van der Waals surface area contributed by atoms with Crippen LogP contribution in [0.25, 0.3) is 0 Å². The van der Waals surface area contributed by atoms with E-state index in [1.165, 1.54) is 49.8 Å². The van der Waals surface area contributed by atoms with Crippen LogP contribution in [0.1, 0.15) is 63.1 Å². The molecule has 0 aromatic heterocycles. The Bertz CT molecular complexity index is 458. The summed E-state index contributed by atoms with van der Waals surface area (Å²) in [6.45, 7) is 8.19. The average molecular weight is 286 g/mol. The summed E-state index contributed by atoms with van der Waals surface area (Å²) in [6.07, 6.45) is 6.70. The second-order valence-corrected chi connectivity index (χ2v) is 7.03. The Kier molecular flexibility index (Phi) is 4.66. The Morgan fingerprint density at radius 1 is 1.19 bits per heavy atom. The van der Waals surface area contributed by atoms with Crippen LogP contribution in [0.3, 0.4) is 0 Å². The van der Waals surface area contributed by atoms with Crippen molar-refractivity contribution in [3.63, 3.8) is 0 Å². The van der Waals surface area contributed by atoms with E-state index in [1.54, 1.807) is 0 Å². The number of rotatable bonds is 5. The molecule has 2 aliphatic heterocycles. The van der Waals surface area contributed by atoms with Crippen LogP contribution in [0.5, 0.6) is 0 Å². The van der Waals surface area contributed by atoms with Crippen molar-refractivity contribution in [1.82, 2.24) is 10.2 Å². The average Bonchev–Trinajstić information content (AvgIpc) is 2.83. The molecule has 3 rings (SSSR count). The number of aryl methyl sites for hydroxylation is 1. The highest BCUT2D eigenvalue weighted by Crippen LogP contribution is 2.34. The second-order valence-electron chi connectivity index (χ2n) is 7.03. The van der Waals surface area contributed by atoms with E-state index in [9.17, 15) is 0 Å². The molecule has 0 aliphatic carbocycles. The molecular weight excluding hydrogens is 256 g/mol. The highest BCUT2D eigenvalue weighted by molar-refractivity contribution is 5.28. The molecule has 2 heteroatoms. The number of hydrogen-bond donors (Lipinski definition) is 1. The predicted octanol–water partition coefficient (Wildman–Crippen LogP) is 4.05. The molecule has 1 aromatic rings. The van der Waals surface area contributed by atoms with Gasteiger partial charge >= 0.3 is 0 Å².